The normalized spacial score (nSPS) is 11.5. The zero-order valence-corrected chi connectivity index (χ0v) is 13.6. The van der Waals surface area contributed by atoms with Gasteiger partial charge in [-0.3, -0.25) is 0 Å². The van der Waals surface area contributed by atoms with Gasteiger partial charge in [0.2, 0.25) is 5.13 Å². The number of thiazole rings is 1. The van der Waals surface area contributed by atoms with Crippen molar-refractivity contribution in [3.05, 3.63) is 54.6 Å². The number of phenolic OH excluding ortho intramolecular Hbond substituents is 1. The van der Waals surface area contributed by atoms with Crippen molar-refractivity contribution in [1.82, 2.24) is 4.98 Å². The van der Waals surface area contributed by atoms with Crippen LogP contribution in [0.15, 0.2) is 64.8 Å². The number of phenols is 1. The molecule has 0 aliphatic carbocycles. The van der Waals surface area contributed by atoms with Gasteiger partial charge in [-0.1, -0.05) is 35.6 Å². The Morgan fingerprint density at radius 3 is 2.67 bits per heavy atom. The number of fused-ring (bicyclic) bond motifs is 2. The van der Waals surface area contributed by atoms with E-state index >= 15 is 0 Å². The number of rotatable bonds is 3. The largest absolute Gasteiger partial charge is 0.507 e. The van der Waals surface area contributed by atoms with Crippen LogP contribution in [0.4, 0.5) is 10.8 Å². The molecule has 6 heteroatoms. The lowest BCUT2D eigenvalue weighted by atomic mass is 10.1. The van der Waals surface area contributed by atoms with E-state index in [0.29, 0.717) is 10.8 Å². The molecule has 0 radical (unpaired) electrons. The fourth-order valence-electron chi connectivity index (χ4n) is 2.51. The van der Waals surface area contributed by atoms with Crippen molar-refractivity contribution < 1.29 is 9.84 Å². The van der Waals surface area contributed by atoms with Crippen molar-refractivity contribution in [3.63, 3.8) is 0 Å². The Bertz CT molecular complexity index is 1070. The third-order valence-corrected chi connectivity index (χ3v) is 4.61. The molecule has 5 nitrogen and oxygen atoms in total. The molecule has 0 spiro atoms. The van der Waals surface area contributed by atoms with Gasteiger partial charge >= 0.3 is 0 Å². The van der Waals surface area contributed by atoms with Gasteiger partial charge in [-0.25, -0.2) is 4.98 Å². The predicted octanol–water partition coefficient (Wildman–Crippen LogP) is 5.58. The first-order valence-corrected chi connectivity index (χ1v) is 8.13. The van der Waals surface area contributed by atoms with Gasteiger partial charge in [0.15, 0.2) is 0 Å². The summed E-state index contributed by atoms with van der Waals surface area (Å²) in [5.41, 5.74) is 1.56. The van der Waals surface area contributed by atoms with Gasteiger partial charge in [0.05, 0.1) is 23.0 Å². The molecule has 0 aliphatic rings. The average Bonchev–Trinajstić information content (AvgIpc) is 3.03. The number of hydrogen-bond acceptors (Lipinski definition) is 6. The van der Waals surface area contributed by atoms with Crippen LogP contribution in [0.3, 0.4) is 0 Å². The van der Waals surface area contributed by atoms with Crippen LogP contribution >= 0.6 is 11.3 Å². The zero-order chi connectivity index (χ0) is 16.5. The second-order valence-electron chi connectivity index (χ2n) is 5.18. The number of benzene rings is 3. The molecule has 0 amide bonds. The Morgan fingerprint density at radius 1 is 1.00 bits per heavy atom. The lowest BCUT2D eigenvalue weighted by Gasteiger charge is -2.02. The predicted molar refractivity (Wildman–Crippen MR) is 96.0 cm³/mol. The Kier molecular flexibility index (Phi) is 3.59. The van der Waals surface area contributed by atoms with Crippen LogP contribution in [0, 0.1) is 0 Å². The lowest BCUT2D eigenvalue weighted by molar-refractivity contribution is 0.415. The highest BCUT2D eigenvalue weighted by atomic mass is 32.1. The average molecular weight is 335 g/mol. The number of aromatic hydroxyl groups is 1. The molecule has 4 aromatic rings. The molecule has 118 valence electrons. The minimum absolute atomic E-state index is 0.233. The summed E-state index contributed by atoms with van der Waals surface area (Å²) in [4.78, 5) is 4.45. The Balaban J connectivity index is 1.74. The molecule has 0 saturated heterocycles. The minimum atomic E-state index is 0.233. The molecule has 3 aromatic carbocycles. The fraction of sp³-hybridized carbons (Fsp3) is 0.0556. The maximum Gasteiger partial charge on any atom is 0.231 e. The third-order valence-electron chi connectivity index (χ3n) is 3.71. The van der Waals surface area contributed by atoms with Crippen molar-refractivity contribution in [2.45, 2.75) is 0 Å². The third kappa shape index (κ3) is 2.57. The summed E-state index contributed by atoms with van der Waals surface area (Å²) < 4.78 is 6.22. The molecule has 4 rings (SSSR count). The van der Waals surface area contributed by atoms with E-state index in [-0.39, 0.29) is 5.75 Å². The standard InChI is InChI=1S/C18H13N3O2S/c1-23-11-6-7-15-17(10-11)24-18(19-15)21-20-14-8-9-16(22)13-5-3-2-4-12(13)14/h2-10,22H,1H3. The van der Waals surface area contributed by atoms with Crippen LogP contribution in [0.5, 0.6) is 11.5 Å². The molecular formula is C18H13N3O2S. The zero-order valence-electron chi connectivity index (χ0n) is 12.8. The van der Waals surface area contributed by atoms with E-state index in [1.165, 1.54) is 11.3 Å². The number of azo groups is 1. The van der Waals surface area contributed by atoms with Crippen LogP contribution in [0.1, 0.15) is 0 Å². The smallest absolute Gasteiger partial charge is 0.231 e. The number of methoxy groups -OCH3 is 1. The summed E-state index contributed by atoms with van der Waals surface area (Å²) >= 11 is 1.45. The van der Waals surface area contributed by atoms with Crippen molar-refractivity contribution in [2.75, 3.05) is 7.11 Å². The molecule has 0 unspecified atom stereocenters. The second kappa shape index (κ2) is 5.90. The van der Waals surface area contributed by atoms with Gasteiger partial charge in [-0.05, 0) is 30.3 Å². The second-order valence-corrected chi connectivity index (χ2v) is 6.19. The van der Waals surface area contributed by atoms with Crippen molar-refractivity contribution >= 4 is 43.1 Å². The van der Waals surface area contributed by atoms with E-state index in [4.69, 9.17) is 4.74 Å². The van der Waals surface area contributed by atoms with Crippen LogP contribution in [0.2, 0.25) is 0 Å². The number of hydrogen-bond donors (Lipinski definition) is 1. The summed E-state index contributed by atoms with van der Waals surface area (Å²) in [5.74, 6) is 1.02. The molecule has 24 heavy (non-hydrogen) atoms. The van der Waals surface area contributed by atoms with Crippen LogP contribution in [-0.2, 0) is 0 Å². The first-order chi connectivity index (χ1) is 11.7. The Labute approximate surface area is 141 Å². The van der Waals surface area contributed by atoms with Crippen molar-refractivity contribution in [2.24, 2.45) is 10.2 Å². The summed E-state index contributed by atoms with van der Waals surface area (Å²) in [6.45, 7) is 0. The molecule has 0 bridgehead atoms. The lowest BCUT2D eigenvalue weighted by Crippen LogP contribution is -1.80. The Hall–Kier alpha value is -2.99. The van der Waals surface area contributed by atoms with E-state index in [9.17, 15) is 5.11 Å². The molecule has 1 N–H and O–H groups in total. The summed E-state index contributed by atoms with van der Waals surface area (Å²) in [6.07, 6.45) is 0. The van der Waals surface area contributed by atoms with E-state index in [2.05, 4.69) is 15.2 Å². The van der Waals surface area contributed by atoms with Gasteiger partial charge < -0.3 is 9.84 Å². The molecule has 1 heterocycles. The molecule has 0 atom stereocenters. The van der Waals surface area contributed by atoms with Gasteiger partial charge in [-0.15, -0.1) is 10.2 Å². The number of ether oxygens (including phenoxy) is 1. The maximum atomic E-state index is 9.93. The van der Waals surface area contributed by atoms with Crippen LogP contribution < -0.4 is 4.74 Å². The maximum absolute atomic E-state index is 9.93. The quantitative estimate of drug-likeness (QED) is 0.497. The first kappa shape index (κ1) is 14.6. The Morgan fingerprint density at radius 2 is 1.83 bits per heavy atom. The summed E-state index contributed by atoms with van der Waals surface area (Å²) in [6, 6.07) is 16.6. The molecule has 0 aliphatic heterocycles. The number of nitrogens with zero attached hydrogens (tertiary/aromatic N) is 3. The van der Waals surface area contributed by atoms with E-state index in [1.807, 2.05) is 42.5 Å². The molecule has 0 saturated carbocycles. The highest BCUT2D eigenvalue weighted by molar-refractivity contribution is 7.21. The summed E-state index contributed by atoms with van der Waals surface area (Å²) in [5, 5.41) is 20.7. The van der Waals surface area contributed by atoms with E-state index < -0.39 is 0 Å². The van der Waals surface area contributed by atoms with Gasteiger partial charge in [-0.2, -0.15) is 0 Å². The highest BCUT2D eigenvalue weighted by Gasteiger charge is 2.06. The van der Waals surface area contributed by atoms with E-state index in [1.54, 1.807) is 19.2 Å². The van der Waals surface area contributed by atoms with Crippen molar-refractivity contribution in [1.29, 1.82) is 0 Å². The van der Waals surface area contributed by atoms with E-state index in [0.717, 1.165) is 26.7 Å². The highest BCUT2D eigenvalue weighted by Crippen LogP contribution is 2.35. The monoisotopic (exact) mass is 335 g/mol. The number of aromatic nitrogens is 1. The minimum Gasteiger partial charge on any atom is -0.507 e. The van der Waals surface area contributed by atoms with Crippen LogP contribution in [-0.4, -0.2) is 17.2 Å². The molecular weight excluding hydrogens is 322 g/mol. The van der Waals surface area contributed by atoms with Gasteiger partial charge in [0.1, 0.15) is 11.5 Å². The van der Waals surface area contributed by atoms with Crippen LogP contribution in [0.25, 0.3) is 21.0 Å². The van der Waals surface area contributed by atoms with Gasteiger partial charge in [0, 0.05) is 10.8 Å². The summed E-state index contributed by atoms with van der Waals surface area (Å²) in [7, 11) is 1.64. The van der Waals surface area contributed by atoms with Gasteiger partial charge in [0.25, 0.3) is 0 Å². The topological polar surface area (TPSA) is 67.1 Å². The van der Waals surface area contributed by atoms with Crippen molar-refractivity contribution in [3.8, 4) is 11.5 Å². The SMILES string of the molecule is COc1ccc2nc(N=Nc3ccc(O)c4ccccc34)sc2c1. The fourth-order valence-corrected chi connectivity index (χ4v) is 3.33. The first-order valence-electron chi connectivity index (χ1n) is 7.31. The molecule has 1 aromatic heterocycles. The molecule has 0 fully saturated rings.